The Bertz CT molecular complexity index is 913. The second kappa shape index (κ2) is 7.23. The van der Waals surface area contributed by atoms with E-state index in [0.717, 1.165) is 21.3 Å². The molecule has 2 aliphatic heterocycles. The minimum absolute atomic E-state index is 0.124. The Morgan fingerprint density at radius 1 is 1.19 bits per heavy atom. The number of carbonyl (C=O) groups excluding carboxylic acids is 2. The van der Waals surface area contributed by atoms with Crippen molar-refractivity contribution in [2.75, 3.05) is 25.2 Å². The van der Waals surface area contributed by atoms with Gasteiger partial charge in [-0.05, 0) is 29.3 Å². The van der Waals surface area contributed by atoms with Crippen molar-refractivity contribution in [2.24, 2.45) is 0 Å². The summed E-state index contributed by atoms with van der Waals surface area (Å²) in [5.41, 5.74) is 2.49. The van der Waals surface area contributed by atoms with Crippen molar-refractivity contribution < 1.29 is 23.8 Å². The molecule has 1 atom stereocenters. The second-order valence-electron chi connectivity index (χ2n) is 6.40. The highest BCUT2D eigenvalue weighted by Crippen LogP contribution is 2.37. The fourth-order valence-corrected chi connectivity index (χ4v) is 3.97. The maximum Gasteiger partial charge on any atom is 0.329 e. The standard InChI is InChI=1S/C20H18BrNO5/c1-25-20(24)16-8-12-4-2-3-5-15(12)22(16)19(23)10-13-9-17-18(11-14(13)21)27-7-6-26-17/h2-5,9,11,16H,6-8,10H2,1H3. The van der Waals surface area contributed by atoms with Crippen LogP contribution in [0.1, 0.15) is 11.1 Å². The lowest BCUT2D eigenvalue weighted by molar-refractivity contribution is -0.143. The van der Waals surface area contributed by atoms with Gasteiger partial charge >= 0.3 is 5.97 Å². The summed E-state index contributed by atoms with van der Waals surface area (Å²) in [4.78, 5) is 26.9. The summed E-state index contributed by atoms with van der Waals surface area (Å²) in [6, 6.07) is 10.5. The van der Waals surface area contributed by atoms with Gasteiger partial charge in [0.05, 0.1) is 13.5 Å². The van der Waals surface area contributed by atoms with Crippen LogP contribution in [0.25, 0.3) is 0 Å². The van der Waals surface area contributed by atoms with Gasteiger partial charge in [0.2, 0.25) is 5.91 Å². The Morgan fingerprint density at radius 3 is 2.63 bits per heavy atom. The molecule has 1 amide bonds. The van der Waals surface area contributed by atoms with E-state index < -0.39 is 12.0 Å². The zero-order valence-corrected chi connectivity index (χ0v) is 16.3. The first-order valence-electron chi connectivity index (χ1n) is 8.64. The normalized spacial score (nSPS) is 17.4. The third kappa shape index (κ3) is 3.27. The smallest absolute Gasteiger partial charge is 0.329 e. The van der Waals surface area contributed by atoms with Crippen molar-refractivity contribution in [3.63, 3.8) is 0 Å². The summed E-state index contributed by atoms with van der Waals surface area (Å²) in [7, 11) is 1.34. The molecule has 0 spiro atoms. The summed E-state index contributed by atoms with van der Waals surface area (Å²) in [6.07, 6.45) is 0.579. The van der Waals surface area contributed by atoms with Crippen LogP contribution in [0.15, 0.2) is 40.9 Å². The van der Waals surface area contributed by atoms with Crippen LogP contribution in [0.5, 0.6) is 11.5 Å². The van der Waals surface area contributed by atoms with Crippen molar-refractivity contribution in [1.29, 1.82) is 0 Å². The zero-order chi connectivity index (χ0) is 19.0. The molecule has 2 aromatic carbocycles. The Kier molecular flexibility index (Phi) is 4.78. The van der Waals surface area contributed by atoms with Crippen molar-refractivity contribution in [1.82, 2.24) is 0 Å². The summed E-state index contributed by atoms with van der Waals surface area (Å²) in [5.74, 6) is 0.690. The quantitative estimate of drug-likeness (QED) is 0.699. The number of para-hydroxylation sites is 1. The Labute approximate surface area is 165 Å². The van der Waals surface area contributed by atoms with Gasteiger partial charge in [0, 0.05) is 16.6 Å². The van der Waals surface area contributed by atoms with E-state index in [1.807, 2.05) is 36.4 Å². The predicted molar refractivity (Wildman–Crippen MR) is 102 cm³/mol. The van der Waals surface area contributed by atoms with Crippen LogP contribution >= 0.6 is 15.9 Å². The Morgan fingerprint density at radius 2 is 1.89 bits per heavy atom. The van der Waals surface area contributed by atoms with E-state index in [4.69, 9.17) is 14.2 Å². The average Bonchev–Trinajstić information content (AvgIpc) is 3.07. The Balaban J connectivity index is 1.64. The van der Waals surface area contributed by atoms with Crippen LogP contribution < -0.4 is 14.4 Å². The molecule has 0 saturated heterocycles. The topological polar surface area (TPSA) is 65.1 Å². The highest BCUT2D eigenvalue weighted by molar-refractivity contribution is 9.10. The number of fused-ring (bicyclic) bond motifs is 2. The molecule has 27 heavy (non-hydrogen) atoms. The van der Waals surface area contributed by atoms with E-state index >= 15 is 0 Å². The first-order valence-corrected chi connectivity index (χ1v) is 9.43. The van der Waals surface area contributed by atoms with Crippen LogP contribution in [0.2, 0.25) is 0 Å². The third-order valence-electron chi connectivity index (χ3n) is 4.77. The molecule has 2 aromatic rings. The molecule has 0 fully saturated rings. The lowest BCUT2D eigenvalue weighted by Gasteiger charge is -2.25. The molecule has 0 aliphatic carbocycles. The van der Waals surface area contributed by atoms with E-state index in [-0.39, 0.29) is 12.3 Å². The van der Waals surface area contributed by atoms with Gasteiger partial charge in [0.1, 0.15) is 19.3 Å². The fraction of sp³-hybridized carbons (Fsp3) is 0.300. The number of hydrogen-bond donors (Lipinski definition) is 0. The van der Waals surface area contributed by atoms with Crippen molar-refractivity contribution in [3.05, 3.63) is 52.0 Å². The predicted octanol–water partition coefficient (Wildman–Crippen LogP) is 2.89. The van der Waals surface area contributed by atoms with Gasteiger partial charge in [-0.1, -0.05) is 34.1 Å². The number of nitrogens with zero attached hydrogens (tertiary/aromatic N) is 1. The minimum Gasteiger partial charge on any atom is -0.486 e. The molecule has 0 saturated carbocycles. The largest absolute Gasteiger partial charge is 0.486 e. The molecule has 0 N–H and O–H groups in total. The highest BCUT2D eigenvalue weighted by Gasteiger charge is 2.39. The van der Waals surface area contributed by atoms with Gasteiger partial charge in [-0.2, -0.15) is 0 Å². The lowest BCUT2D eigenvalue weighted by atomic mass is 10.1. The number of ether oxygens (including phenoxy) is 3. The molecular weight excluding hydrogens is 414 g/mol. The van der Waals surface area contributed by atoms with Gasteiger partial charge < -0.3 is 14.2 Å². The molecular formula is C20H18BrNO5. The number of benzene rings is 2. The van der Waals surface area contributed by atoms with Crippen molar-refractivity contribution >= 4 is 33.5 Å². The summed E-state index contributed by atoms with van der Waals surface area (Å²) < 4.78 is 16.9. The van der Waals surface area contributed by atoms with E-state index in [1.165, 1.54) is 7.11 Å². The molecule has 7 heteroatoms. The van der Waals surface area contributed by atoms with Crippen molar-refractivity contribution in [2.45, 2.75) is 18.9 Å². The van der Waals surface area contributed by atoms with E-state index in [2.05, 4.69) is 15.9 Å². The van der Waals surface area contributed by atoms with Gasteiger partial charge in [0.25, 0.3) is 0 Å². The number of amides is 1. The average molecular weight is 432 g/mol. The van der Waals surface area contributed by atoms with Gasteiger partial charge in [-0.15, -0.1) is 0 Å². The number of hydrogen-bond acceptors (Lipinski definition) is 5. The number of anilines is 1. The van der Waals surface area contributed by atoms with Gasteiger partial charge in [0.15, 0.2) is 11.5 Å². The maximum absolute atomic E-state index is 13.2. The number of methoxy groups -OCH3 is 1. The van der Waals surface area contributed by atoms with Crippen LogP contribution in [0, 0.1) is 0 Å². The molecule has 2 aliphatic rings. The molecule has 1 unspecified atom stereocenters. The molecule has 0 bridgehead atoms. The first kappa shape index (κ1) is 17.9. The van der Waals surface area contributed by atoms with Crippen LogP contribution in [-0.4, -0.2) is 38.2 Å². The fourth-order valence-electron chi connectivity index (χ4n) is 3.51. The van der Waals surface area contributed by atoms with E-state index in [1.54, 1.807) is 4.90 Å². The van der Waals surface area contributed by atoms with Crippen molar-refractivity contribution in [3.8, 4) is 11.5 Å². The third-order valence-corrected chi connectivity index (χ3v) is 5.51. The van der Waals surface area contributed by atoms with Crippen LogP contribution in [0.3, 0.4) is 0 Å². The minimum atomic E-state index is -0.643. The lowest BCUT2D eigenvalue weighted by Crippen LogP contribution is -2.44. The van der Waals surface area contributed by atoms with E-state index in [0.29, 0.717) is 31.1 Å². The Hall–Kier alpha value is -2.54. The molecule has 0 aromatic heterocycles. The number of carbonyl (C=O) groups is 2. The summed E-state index contributed by atoms with van der Waals surface area (Å²) in [6.45, 7) is 0.981. The maximum atomic E-state index is 13.2. The van der Waals surface area contributed by atoms with Crippen LogP contribution in [-0.2, 0) is 27.2 Å². The molecule has 4 rings (SSSR count). The summed E-state index contributed by atoms with van der Waals surface area (Å²) in [5, 5.41) is 0. The SMILES string of the molecule is COC(=O)C1Cc2ccccc2N1C(=O)Cc1cc2c(cc1Br)OCCO2. The number of rotatable bonds is 3. The number of halogens is 1. The second-order valence-corrected chi connectivity index (χ2v) is 7.25. The van der Waals surface area contributed by atoms with Gasteiger partial charge in [-0.3, -0.25) is 9.69 Å². The highest BCUT2D eigenvalue weighted by atomic mass is 79.9. The molecule has 0 radical (unpaired) electrons. The number of esters is 1. The molecule has 6 nitrogen and oxygen atoms in total. The first-order chi connectivity index (χ1) is 13.1. The molecule has 140 valence electrons. The monoisotopic (exact) mass is 431 g/mol. The molecule has 2 heterocycles. The summed E-state index contributed by atoms with van der Waals surface area (Å²) >= 11 is 3.50. The van der Waals surface area contributed by atoms with Gasteiger partial charge in [-0.25, -0.2) is 4.79 Å². The van der Waals surface area contributed by atoms with E-state index in [9.17, 15) is 9.59 Å². The van der Waals surface area contributed by atoms with Crippen LogP contribution in [0.4, 0.5) is 5.69 Å². The zero-order valence-electron chi connectivity index (χ0n) is 14.7.